The SMILES string of the molecule is C=C/C=c1\c(=C(/C)N(c2ccccc2-c2ccccc2)c2cccc3c2oc2ccccc23)oc2c(-c3cccc4ccccc34)c3c(cc12)oc1ccccc13. The summed E-state index contributed by atoms with van der Waals surface area (Å²) in [6.07, 6.45) is 3.89. The fraction of sp³-hybridized carbons (Fsp3) is 0.0189. The van der Waals surface area contributed by atoms with Crippen molar-refractivity contribution in [2.45, 2.75) is 6.92 Å². The number of hydrogen-bond acceptors (Lipinski definition) is 4. The molecule has 4 heteroatoms. The molecule has 270 valence electrons. The van der Waals surface area contributed by atoms with E-state index >= 15 is 0 Å². The van der Waals surface area contributed by atoms with E-state index in [9.17, 15) is 0 Å². The van der Waals surface area contributed by atoms with Crippen molar-refractivity contribution < 1.29 is 13.3 Å². The lowest BCUT2D eigenvalue weighted by Crippen LogP contribution is -2.29. The molecule has 0 aliphatic heterocycles. The van der Waals surface area contributed by atoms with Crippen molar-refractivity contribution in [3.05, 3.63) is 193 Å². The molecule has 0 unspecified atom stereocenters. The van der Waals surface area contributed by atoms with Gasteiger partial charge in [-0.25, -0.2) is 0 Å². The Labute approximate surface area is 328 Å². The number of anilines is 2. The Bertz CT molecular complexity index is 3500. The summed E-state index contributed by atoms with van der Waals surface area (Å²) in [6, 6.07) is 59.1. The van der Waals surface area contributed by atoms with E-state index in [0.717, 1.165) is 116 Å². The Balaban J connectivity index is 1.31. The van der Waals surface area contributed by atoms with Gasteiger partial charge in [0.2, 0.25) is 0 Å². The van der Waals surface area contributed by atoms with E-state index in [1.54, 1.807) is 0 Å². The van der Waals surface area contributed by atoms with E-state index in [-0.39, 0.29) is 0 Å². The highest BCUT2D eigenvalue weighted by atomic mass is 16.3. The molecule has 57 heavy (non-hydrogen) atoms. The number of benzene rings is 8. The van der Waals surface area contributed by atoms with E-state index in [0.29, 0.717) is 0 Å². The summed E-state index contributed by atoms with van der Waals surface area (Å²) in [5, 5.41) is 8.34. The second-order valence-corrected chi connectivity index (χ2v) is 14.4. The Kier molecular flexibility index (Phi) is 7.51. The van der Waals surface area contributed by atoms with Crippen LogP contribution in [0.2, 0.25) is 0 Å². The maximum Gasteiger partial charge on any atom is 0.159 e. The van der Waals surface area contributed by atoms with Crippen molar-refractivity contribution in [1.82, 2.24) is 0 Å². The van der Waals surface area contributed by atoms with Gasteiger partial charge in [-0.1, -0.05) is 158 Å². The molecule has 0 atom stereocenters. The van der Waals surface area contributed by atoms with E-state index in [1.807, 2.05) is 30.3 Å². The number of furan rings is 3. The van der Waals surface area contributed by atoms with E-state index in [2.05, 4.69) is 170 Å². The van der Waals surface area contributed by atoms with Gasteiger partial charge in [0.1, 0.15) is 22.3 Å². The van der Waals surface area contributed by atoms with Crippen LogP contribution in [0.3, 0.4) is 0 Å². The first kappa shape index (κ1) is 32.8. The number of allylic oxidation sites excluding steroid dienone is 1. The van der Waals surface area contributed by atoms with Crippen molar-refractivity contribution in [2.75, 3.05) is 4.90 Å². The average molecular weight is 734 g/mol. The Morgan fingerprint density at radius 3 is 1.98 bits per heavy atom. The van der Waals surface area contributed by atoms with Crippen molar-refractivity contribution in [3.63, 3.8) is 0 Å². The van der Waals surface area contributed by atoms with Gasteiger partial charge in [-0.15, -0.1) is 0 Å². The second-order valence-electron chi connectivity index (χ2n) is 14.4. The topological polar surface area (TPSA) is 42.7 Å². The van der Waals surface area contributed by atoms with E-state index < -0.39 is 0 Å². The maximum atomic E-state index is 7.38. The van der Waals surface area contributed by atoms with Crippen LogP contribution in [0.4, 0.5) is 11.4 Å². The van der Waals surface area contributed by atoms with Gasteiger partial charge in [0, 0.05) is 43.3 Å². The average Bonchev–Trinajstić information content (AvgIpc) is 3.95. The molecule has 8 aromatic carbocycles. The quantitative estimate of drug-likeness (QED) is 0.171. The first-order chi connectivity index (χ1) is 28.2. The Hall–Kier alpha value is -7.56. The predicted molar refractivity (Wildman–Crippen MR) is 237 cm³/mol. The highest BCUT2D eigenvalue weighted by Crippen LogP contribution is 2.45. The van der Waals surface area contributed by atoms with E-state index in [1.165, 1.54) is 0 Å². The molecule has 0 aliphatic carbocycles. The minimum absolute atomic E-state index is 0.722. The highest BCUT2D eigenvalue weighted by Gasteiger charge is 2.26. The van der Waals surface area contributed by atoms with Crippen LogP contribution in [0.25, 0.3) is 99.6 Å². The van der Waals surface area contributed by atoms with Gasteiger partial charge >= 0.3 is 0 Å². The van der Waals surface area contributed by atoms with Gasteiger partial charge in [-0.2, -0.15) is 0 Å². The molecule has 11 aromatic rings. The molecule has 0 aliphatic rings. The smallest absolute Gasteiger partial charge is 0.159 e. The third-order valence-electron chi connectivity index (χ3n) is 11.2. The van der Waals surface area contributed by atoms with Crippen molar-refractivity contribution >= 4 is 88.8 Å². The number of nitrogens with zero attached hydrogens (tertiary/aromatic N) is 1. The monoisotopic (exact) mass is 733 g/mol. The van der Waals surface area contributed by atoms with Crippen LogP contribution >= 0.6 is 0 Å². The molecule has 4 nitrogen and oxygen atoms in total. The van der Waals surface area contributed by atoms with Gasteiger partial charge < -0.3 is 18.2 Å². The van der Waals surface area contributed by atoms with Gasteiger partial charge in [0.25, 0.3) is 0 Å². The molecule has 0 saturated carbocycles. The molecule has 0 radical (unpaired) electrons. The van der Waals surface area contributed by atoms with Gasteiger partial charge in [0.15, 0.2) is 11.0 Å². The lowest BCUT2D eigenvalue weighted by molar-refractivity contribution is 0.571. The lowest BCUT2D eigenvalue weighted by Gasteiger charge is -2.27. The van der Waals surface area contributed by atoms with Gasteiger partial charge in [-0.3, -0.25) is 0 Å². The third-order valence-corrected chi connectivity index (χ3v) is 11.2. The van der Waals surface area contributed by atoms with Crippen LogP contribution in [0.15, 0.2) is 196 Å². The molecule has 0 amide bonds. The minimum Gasteiger partial charge on any atom is -0.456 e. The normalized spacial score (nSPS) is 12.8. The fourth-order valence-electron chi connectivity index (χ4n) is 8.74. The number of hydrogen-bond donors (Lipinski definition) is 0. The zero-order valence-corrected chi connectivity index (χ0v) is 31.2. The molecular weight excluding hydrogens is 699 g/mol. The molecule has 11 rings (SSSR count). The summed E-state index contributed by atoms with van der Waals surface area (Å²) in [5.74, 6) is 0. The largest absolute Gasteiger partial charge is 0.456 e. The predicted octanol–water partition coefficient (Wildman–Crippen LogP) is 13.7. The summed E-state index contributed by atoms with van der Waals surface area (Å²) in [5.41, 5.74) is 11.8. The first-order valence-electron chi connectivity index (χ1n) is 19.2. The Morgan fingerprint density at radius 2 is 1.14 bits per heavy atom. The van der Waals surface area contributed by atoms with Crippen LogP contribution in [0.1, 0.15) is 6.92 Å². The standard InChI is InChI=1S/C53H35NO3/c1-3-17-40-43-32-48-49(42-25-11-14-31-47(42)55-48)50(39-26-15-21-34-20-7-8-22-36(34)39)53(43)57-51(40)33(2)54(44-28-12-9-23-37(44)35-18-5-4-6-19-35)45-29-16-27-41-38-24-10-13-30-46(38)56-52(41)45/h3-32H,1H2,2H3/b40-17-,51-33-. The van der Waals surface area contributed by atoms with Gasteiger partial charge in [0.05, 0.1) is 17.1 Å². The summed E-state index contributed by atoms with van der Waals surface area (Å²) in [6.45, 7) is 6.32. The Morgan fingerprint density at radius 1 is 0.509 bits per heavy atom. The molecule has 0 N–H and O–H groups in total. The summed E-state index contributed by atoms with van der Waals surface area (Å²) < 4.78 is 20.8. The summed E-state index contributed by atoms with van der Waals surface area (Å²) in [4.78, 5) is 2.29. The zero-order valence-electron chi connectivity index (χ0n) is 31.2. The number of fused-ring (bicyclic) bond motifs is 8. The highest BCUT2D eigenvalue weighted by molar-refractivity contribution is 6.22. The summed E-state index contributed by atoms with van der Waals surface area (Å²) >= 11 is 0. The van der Waals surface area contributed by atoms with Crippen LogP contribution in [0.5, 0.6) is 0 Å². The molecule has 0 fully saturated rings. The van der Waals surface area contributed by atoms with Gasteiger partial charge in [-0.05, 0) is 59.2 Å². The fourth-order valence-corrected chi connectivity index (χ4v) is 8.74. The van der Waals surface area contributed by atoms with Crippen molar-refractivity contribution in [2.24, 2.45) is 0 Å². The summed E-state index contributed by atoms with van der Waals surface area (Å²) in [7, 11) is 0. The van der Waals surface area contributed by atoms with Crippen molar-refractivity contribution in [3.8, 4) is 22.3 Å². The third kappa shape index (κ3) is 5.08. The molecule has 0 bridgehead atoms. The maximum absolute atomic E-state index is 7.38. The molecule has 0 saturated heterocycles. The molecule has 0 spiro atoms. The minimum atomic E-state index is 0.722. The zero-order chi connectivity index (χ0) is 38.0. The first-order valence-corrected chi connectivity index (χ1v) is 19.2. The van der Waals surface area contributed by atoms with Crippen molar-refractivity contribution in [1.29, 1.82) is 0 Å². The molecule has 3 heterocycles. The number of para-hydroxylation sites is 4. The lowest BCUT2D eigenvalue weighted by atomic mass is 9.93. The van der Waals surface area contributed by atoms with E-state index in [4.69, 9.17) is 13.3 Å². The molecule has 3 aromatic heterocycles. The second kappa shape index (κ2) is 13.0. The molecular formula is C53H35NO3. The van der Waals surface area contributed by atoms with Crippen LogP contribution in [0, 0.1) is 0 Å². The number of rotatable bonds is 6. The van der Waals surface area contributed by atoms with Crippen LogP contribution < -0.4 is 15.5 Å². The van der Waals surface area contributed by atoms with Crippen LogP contribution in [-0.4, -0.2) is 0 Å². The van der Waals surface area contributed by atoms with Crippen LogP contribution in [-0.2, 0) is 0 Å².